The van der Waals surface area contributed by atoms with Gasteiger partial charge in [-0.25, -0.2) is 0 Å². The van der Waals surface area contributed by atoms with E-state index in [1.165, 1.54) is 7.11 Å². The van der Waals surface area contributed by atoms with Gasteiger partial charge in [0.25, 0.3) is 0 Å². The number of fused-ring (bicyclic) bond motifs is 2. The first kappa shape index (κ1) is 12.1. The van der Waals surface area contributed by atoms with Gasteiger partial charge in [0.2, 0.25) is 0 Å². The monoisotopic (exact) mass is 352 g/mol. The minimum Gasteiger partial charge on any atom is -0.469 e. The molecule has 2 aliphatic heterocycles. The number of hydrogen-bond acceptors (Lipinski definition) is 4. The smallest absolute Gasteiger partial charge is 0.328 e. The summed E-state index contributed by atoms with van der Waals surface area (Å²) in [4.78, 5) is 23.5. The highest BCUT2D eigenvalue weighted by Gasteiger charge is 2.60. The Morgan fingerprint density at radius 2 is 2.25 bits per heavy atom. The number of halogens is 2. The third-order valence-electron chi connectivity index (χ3n) is 3.08. The quantitative estimate of drug-likeness (QED) is 0.532. The molecule has 0 amide bonds. The molecule has 2 bridgehead atoms. The van der Waals surface area contributed by atoms with Gasteiger partial charge in [-0.3, -0.25) is 9.59 Å². The van der Waals surface area contributed by atoms with Gasteiger partial charge < -0.3 is 9.47 Å². The third-order valence-corrected chi connectivity index (χ3v) is 4.80. The predicted molar refractivity (Wildman–Crippen MR) is 63.2 cm³/mol. The molecule has 1 fully saturated rings. The number of esters is 2. The van der Waals surface area contributed by atoms with E-state index in [4.69, 9.17) is 9.47 Å². The standard InChI is InChI=1S/C10H10Br2O4/c1-4-6(8(13)15-2)10(12)3-5(11)7(4)16-9(10)14/h3-4,6-7H,1-2H3/t4-,6+,7-,10+/m0/s1. The van der Waals surface area contributed by atoms with Crippen LogP contribution < -0.4 is 0 Å². The van der Waals surface area contributed by atoms with Gasteiger partial charge in [0.15, 0.2) is 4.32 Å². The lowest BCUT2D eigenvalue weighted by Gasteiger charge is -2.46. The lowest BCUT2D eigenvalue weighted by atomic mass is 9.72. The summed E-state index contributed by atoms with van der Waals surface area (Å²) in [6.07, 6.45) is 1.29. The number of rotatable bonds is 1. The molecule has 6 heteroatoms. The van der Waals surface area contributed by atoms with Gasteiger partial charge >= 0.3 is 11.9 Å². The minimum atomic E-state index is -1.10. The highest BCUT2D eigenvalue weighted by atomic mass is 79.9. The summed E-state index contributed by atoms with van der Waals surface area (Å²) in [6.45, 7) is 1.86. The van der Waals surface area contributed by atoms with Crippen LogP contribution in [0.5, 0.6) is 0 Å². The Bertz CT molecular complexity index is 392. The van der Waals surface area contributed by atoms with E-state index < -0.39 is 28.3 Å². The van der Waals surface area contributed by atoms with Crippen molar-refractivity contribution < 1.29 is 19.1 Å². The SMILES string of the molecule is COC(=O)[C@H]1[C@H](C)[C@@H]2OC(=O)[C@@]1(Br)C=C2Br. The molecule has 2 heterocycles. The van der Waals surface area contributed by atoms with Crippen molar-refractivity contribution in [1.82, 2.24) is 0 Å². The van der Waals surface area contributed by atoms with Crippen LogP contribution in [-0.4, -0.2) is 29.5 Å². The molecule has 0 spiro atoms. The fourth-order valence-electron chi connectivity index (χ4n) is 2.25. The number of carbonyl (C=O) groups is 2. The Labute approximate surface area is 110 Å². The molecule has 1 aliphatic carbocycles. The average molecular weight is 354 g/mol. The van der Waals surface area contributed by atoms with Gasteiger partial charge in [0.1, 0.15) is 6.10 Å². The molecule has 16 heavy (non-hydrogen) atoms. The molecule has 0 saturated carbocycles. The zero-order chi connectivity index (χ0) is 12.1. The van der Waals surface area contributed by atoms with Crippen molar-refractivity contribution >= 4 is 43.8 Å². The average Bonchev–Trinajstić information content (AvgIpc) is 2.21. The molecular weight excluding hydrogens is 344 g/mol. The molecular formula is C10H10Br2O4. The second-order valence-electron chi connectivity index (χ2n) is 3.98. The van der Waals surface area contributed by atoms with Crippen LogP contribution >= 0.6 is 31.9 Å². The fourth-order valence-corrected chi connectivity index (χ4v) is 4.37. The summed E-state index contributed by atoms with van der Waals surface area (Å²) >= 11 is 6.65. The molecule has 0 unspecified atom stereocenters. The van der Waals surface area contributed by atoms with Crippen LogP contribution in [0.25, 0.3) is 0 Å². The van der Waals surface area contributed by atoms with E-state index in [1.807, 2.05) is 6.92 Å². The Kier molecular flexibility index (Phi) is 2.90. The number of alkyl halides is 1. The van der Waals surface area contributed by atoms with Crippen LogP contribution in [-0.2, 0) is 19.1 Å². The molecule has 88 valence electrons. The summed E-state index contributed by atoms with van der Waals surface area (Å²) in [7, 11) is 1.32. The van der Waals surface area contributed by atoms with Gasteiger partial charge in [0.05, 0.1) is 13.0 Å². The second-order valence-corrected chi connectivity index (χ2v) is 6.21. The van der Waals surface area contributed by atoms with Crippen LogP contribution in [0.4, 0.5) is 0 Å². The molecule has 0 radical (unpaired) electrons. The fraction of sp³-hybridized carbons (Fsp3) is 0.600. The first-order chi connectivity index (χ1) is 7.41. The largest absolute Gasteiger partial charge is 0.469 e. The summed E-state index contributed by atoms with van der Waals surface area (Å²) in [5.41, 5.74) is 0. The van der Waals surface area contributed by atoms with Crippen molar-refractivity contribution in [2.45, 2.75) is 17.4 Å². The van der Waals surface area contributed by atoms with Crippen molar-refractivity contribution in [3.63, 3.8) is 0 Å². The summed E-state index contributed by atoms with van der Waals surface area (Å²) in [5.74, 6) is -1.51. The molecule has 0 aromatic rings. The van der Waals surface area contributed by atoms with E-state index in [9.17, 15) is 9.59 Å². The highest BCUT2D eigenvalue weighted by Crippen LogP contribution is 2.50. The Hall–Kier alpha value is -0.360. The first-order valence-electron chi connectivity index (χ1n) is 4.78. The molecule has 0 N–H and O–H groups in total. The zero-order valence-electron chi connectivity index (χ0n) is 8.70. The normalized spacial score (nSPS) is 41.4. The van der Waals surface area contributed by atoms with Crippen molar-refractivity contribution in [3.05, 3.63) is 10.6 Å². The maximum absolute atomic E-state index is 11.8. The van der Waals surface area contributed by atoms with Crippen LogP contribution in [0.1, 0.15) is 6.92 Å². The maximum Gasteiger partial charge on any atom is 0.328 e. The molecule has 3 aliphatic rings. The number of methoxy groups -OCH3 is 1. The van der Waals surface area contributed by atoms with Gasteiger partial charge in [-0.2, -0.15) is 0 Å². The van der Waals surface area contributed by atoms with Crippen LogP contribution in [0, 0.1) is 11.8 Å². The first-order valence-corrected chi connectivity index (χ1v) is 6.36. The Morgan fingerprint density at radius 3 is 2.81 bits per heavy atom. The van der Waals surface area contributed by atoms with Crippen molar-refractivity contribution in [2.24, 2.45) is 11.8 Å². The number of ether oxygens (including phenoxy) is 2. The molecule has 0 aromatic heterocycles. The van der Waals surface area contributed by atoms with Crippen molar-refractivity contribution in [2.75, 3.05) is 7.11 Å². The van der Waals surface area contributed by atoms with E-state index in [0.717, 1.165) is 4.48 Å². The molecule has 0 aromatic carbocycles. The summed E-state index contributed by atoms with van der Waals surface area (Å²) < 4.78 is 9.65. The minimum absolute atomic E-state index is 0.121. The number of carbonyl (C=O) groups excluding carboxylic acids is 2. The highest BCUT2D eigenvalue weighted by molar-refractivity contribution is 9.12. The summed E-state index contributed by atoms with van der Waals surface area (Å²) in [5, 5.41) is 0. The lowest BCUT2D eigenvalue weighted by Crippen LogP contribution is -2.59. The van der Waals surface area contributed by atoms with Crippen LogP contribution in [0.2, 0.25) is 0 Å². The zero-order valence-corrected chi connectivity index (χ0v) is 11.9. The predicted octanol–water partition coefficient (Wildman–Crippen LogP) is 1.76. The maximum atomic E-state index is 11.8. The van der Waals surface area contributed by atoms with Gasteiger partial charge in [-0.05, 0) is 6.08 Å². The van der Waals surface area contributed by atoms with E-state index in [1.54, 1.807) is 6.08 Å². The Morgan fingerprint density at radius 1 is 1.62 bits per heavy atom. The van der Waals surface area contributed by atoms with Crippen LogP contribution in [0.3, 0.4) is 0 Å². The van der Waals surface area contributed by atoms with E-state index in [-0.39, 0.29) is 5.92 Å². The van der Waals surface area contributed by atoms with E-state index >= 15 is 0 Å². The summed E-state index contributed by atoms with van der Waals surface area (Å²) in [6, 6.07) is 0. The van der Waals surface area contributed by atoms with Gasteiger partial charge in [-0.1, -0.05) is 38.8 Å². The van der Waals surface area contributed by atoms with Gasteiger partial charge in [-0.15, -0.1) is 0 Å². The van der Waals surface area contributed by atoms with Gasteiger partial charge in [0, 0.05) is 10.4 Å². The molecule has 3 rings (SSSR count). The second kappa shape index (κ2) is 3.84. The van der Waals surface area contributed by atoms with E-state index in [0.29, 0.717) is 0 Å². The van der Waals surface area contributed by atoms with Crippen LogP contribution in [0.15, 0.2) is 10.6 Å². The Balaban J connectivity index is 2.49. The van der Waals surface area contributed by atoms with Crippen molar-refractivity contribution in [3.8, 4) is 0 Å². The molecule has 4 atom stereocenters. The third kappa shape index (κ3) is 1.46. The van der Waals surface area contributed by atoms with E-state index in [2.05, 4.69) is 31.9 Å². The topological polar surface area (TPSA) is 52.6 Å². The number of hydrogen-bond donors (Lipinski definition) is 0. The van der Waals surface area contributed by atoms with Crippen molar-refractivity contribution in [1.29, 1.82) is 0 Å². The molecule has 4 nitrogen and oxygen atoms in total. The molecule has 1 saturated heterocycles. The lowest BCUT2D eigenvalue weighted by molar-refractivity contribution is -0.173.